The zero-order chi connectivity index (χ0) is 14.1. The lowest BCUT2D eigenvalue weighted by atomic mass is 10.1. The zero-order valence-corrected chi connectivity index (χ0v) is 12.3. The smallest absolute Gasteiger partial charge is 0.254 e. The molecule has 2 aromatic rings. The monoisotopic (exact) mass is 333 g/mol. The van der Waals surface area contributed by atoms with E-state index in [0.29, 0.717) is 4.47 Å². The van der Waals surface area contributed by atoms with Crippen molar-refractivity contribution in [3.63, 3.8) is 0 Å². The summed E-state index contributed by atoms with van der Waals surface area (Å²) in [5.41, 5.74) is 2.47. The summed E-state index contributed by atoms with van der Waals surface area (Å²) in [5.74, 6) is -0.887. The van der Waals surface area contributed by atoms with E-state index in [1.807, 2.05) is 18.2 Å². The molecule has 0 fully saturated rings. The maximum absolute atomic E-state index is 13.9. The number of aryl methyl sites for hydroxylation is 1. The minimum atomic E-state index is -0.517. The SMILES string of the molecule is O=C(NC1CCc2ccccc21)c1cccc(Br)c1F. The van der Waals surface area contributed by atoms with E-state index in [-0.39, 0.29) is 17.5 Å². The van der Waals surface area contributed by atoms with E-state index in [1.54, 1.807) is 12.1 Å². The predicted octanol–water partition coefficient (Wildman–Crippen LogP) is 4.01. The van der Waals surface area contributed by atoms with Crippen LogP contribution in [0.25, 0.3) is 0 Å². The minimum absolute atomic E-state index is 0.0305. The van der Waals surface area contributed by atoms with Crippen molar-refractivity contribution in [1.29, 1.82) is 0 Å². The van der Waals surface area contributed by atoms with E-state index in [9.17, 15) is 9.18 Å². The molecule has 0 heterocycles. The van der Waals surface area contributed by atoms with Crippen molar-refractivity contribution in [3.05, 3.63) is 69.4 Å². The third kappa shape index (κ3) is 2.36. The van der Waals surface area contributed by atoms with Crippen LogP contribution < -0.4 is 5.32 Å². The molecule has 0 radical (unpaired) electrons. The lowest BCUT2D eigenvalue weighted by molar-refractivity contribution is 0.0932. The van der Waals surface area contributed by atoms with Gasteiger partial charge >= 0.3 is 0 Å². The molecule has 3 rings (SSSR count). The second-order valence-electron chi connectivity index (χ2n) is 4.86. The van der Waals surface area contributed by atoms with E-state index >= 15 is 0 Å². The molecule has 1 aliphatic rings. The Balaban J connectivity index is 1.83. The summed E-state index contributed by atoms with van der Waals surface area (Å²) in [6.07, 6.45) is 1.81. The van der Waals surface area contributed by atoms with Crippen LogP contribution >= 0.6 is 15.9 Å². The Morgan fingerprint density at radius 2 is 2.00 bits per heavy atom. The van der Waals surface area contributed by atoms with E-state index < -0.39 is 5.82 Å². The Hall–Kier alpha value is -1.68. The Kier molecular flexibility index (Phi) is 3.57. The largest absolute Gasteiger partial charge is 0.345 e. The first-order valence-electron chi connectivity index (χ1n) is 6.49. The van der Waals surface area contributed by atoms with Crippen LogP contribution in [0, 0.1) is 5.82 Å². The van der Waals surface area contributed by atoms with Gasteiger partial charge in [-0.3, -0.25) is 4.79 Å². The first kappa shape index (κ1) is 13.3. The van der Waals surface area contributed by atoms with E-state index in [0.717, 1.165) is 18.4 Å². The molecule has 0 aromatic heterocycles. The van der Waals surface area contributed by atoms with E-state index in [1.165, 1.54) is 11.6 Å². The fraction of sp³-hybridized carbons (Fsp3) is 0.188. The second-order valence-corrected chi connectivity index (χ2v) is 5.72. The number of carbonyl (C=O) groups is 1. The van der Waals surface area contributed by atoms with Gasteiger partial charge in [0.1, 0.15) is 5.82 Å². The van der Waals surface area contributed by atoms with Crippen molar-refractivity contribution in [1.82, 2.24) is 5.32 Å². The van der Waals surface area contributed by atoms with Crippen LogP contribution in [0.2, 0.25) is 0 Å². The molecule has 102 valence electrons. The molecule has 0 spiro atoms. The number of carbonyl (C=O) groups excluding carboxylic acids is 1. The van der Waals surface area contributed by atoms with Crippen molar-refractivity contribution in [2.45, 2.75) is 18.9 Å². The molecule has 2 aromatic carbocycles. The highest BCUT2D eigenvalue weighted by Crippen LogP contribution is 2.31. The van der Waals surface area contributed by atoms with Gasteiger partial charge in [0.05, 0.1) is 16.1 Å². The highest BCUT2D eigenvalue weighted by molar-refractivity contribution is 9.10. The summed E-state index contributed by atoms with van der Waals surface area (Å²) in [7, 11) is 0. The van der Waals surface area contributed by atoms with Crippen molar-refractivity contribution < 1.29 is 9.18 Å². The van der Waals surface area contributed by atoms with Crippen LogP contribution in [-0.2, 0) is 6.42 Å². The lowest BCUT2D eigenvalue weighted by Gasteiger charge is -2.14. The number of halogens is 2. The highest BCUT2D eigenvalue weighted by atomic mass is 79.9. The van der Waals surface area contributed by atoms with Gasteiger partial charge in [-0.2, -0.15) is 0 Å². The summed E-state index contributed by atoms with van der Waals surface area (Å²) in [6, 6.07) is 12.8. The summed E-state index contributed by atoms with van der Waals surface area (Å²) < 4.78 is 14.2. The van der Waals surface area contributed by atoms with Gasteiger partial charge in [-0.05, 0) is 52.0 Å². The van der Waals surface area contributed by atoms with Crippen LogP contribution in [0.15, 0.2) is 46.9 Å². The Labute approximate surface area is 125 Å². The zero-order valence-electron chi connectivity index (χ0n) is 10.7. The van der Waals surface area contributed by atoms with Crippen molar-refractivity contribution in [3.8, 4) is 0 Å². The molecule has 1 unspecified atom stereocenters. The van der Waals surface area contributed by atoms with Crippen LogP contribution in [0.4, 0.5) is 4.39 Å². The number of hydrogen-bond acceptors (Lipinski definition) is 1. The highest BCUT2D eigenvalue weighted by Gasteiger charge is 2.25. The first-order valence-corrected chi connectivity index (χ1v) is 7.29. The van der Waals surface area contributed by atoms with Crippen LogP contribution in [0.3, 0.4) is 0 Å². The van der Waals surface area contributed by atoms with Crippen molar-refractivity contribution in [2.24, 2.45) is 0 Å². The van der Waals surface area contributed by atoms with Gasteiger partial charge in [-0.25, -0.2) is 4.39 Å². The minimum Gasteiger partial charge on any atom is -0.345 e. The normalized spacial score (nSPS) is 16.8. The molecule has 0 aliphatic heterocycles. The van der Waals surface area contributed by atoms with Crippen LogP contribution in [-0.4, -0.2) is 5.91 Å². The average Bonchev–Trinajstić information content (AvgIpc) is 2.85. The van der Waals surface area contributed by atoms with Gasteiger partial charge in [0.15, 0.2) is 0 Å². The molecule has 1 aliphatic carbocycles. The molecule has 2 nitrogen and oxygen atoms in total. The van der Waals surface area contributed by atoms with Crippen molar-refractivity contribution in [2.75, 3.05) is 0 Å². The molecule has 1 amide bonds. The summed E-state index contributed by atoms with van der Waals surface area (Å²) >= 11 is 3.10. The topological polar surface area (TPSA) is 29.1 Å². The van der Waals surface area contributed by atoms with Gasteiger partial charge < -0.3 is 5.32 Å². The molecule has 20 heavy (non-hydrogen) atoms. The van der Waals surface area contributed by atoms with Gasteiger partial charge in [0.2, 0.25) is 0 Å². The molecule has 4 heteroatoms. The number of benzene rings is 2. The van der Waals surface area contributed by atoms with Crippen LogP contribution in [0.5, 0.6) is 0 Å². The maximum Gasteiger partial charge on any atom is 0.254 e. The standard InChI is InChI=1S/C16H13BrFNO/c17-13-7-3-6-12(15(13)18)16(20)19-14-9-8-10-4-1-2-5-11(10)14/h1-7,14H,8-9H2,(H,19,20). The van der Waals surface area contributed by atoms with E-state index in [4.69, 9.17) is 0 Å². The molecular formula is C16H13BrFNO. The van der Waals surface area contributed by atoms with Gasteiger partial charge in [-0.1, -0.05) is 30.3 Å². The Morgan fingerprint density at radius 3 is 2.85 bits per heavy atom. The maximum atomic E-state index is 13.9. The number of nitrogens with one attached hydrogen (secondary N) is 1. The van der Waals surface area contributed by atoms with Gasteiger partial charge in [0.25, 0.3) is 5.91 Å². The fourth-order valence-electron chi connectivity index (χ4n) is 2.62. The molecule has 1 atom stereocenters. The van der Waals surface area contributed by atoms with E-state index in [2.05, 4.69) is 27.3 Å². The summed E-state index contributed by atoms with van der Waals surface area (Å²) in [6.45, 7) is 0. The molecule has 0 bridgehead atoms. The number of amides is 1. The number of fused-ring (bicyclic) bond motifs is 1. The molecule has 0 saturated carbocycles. The first-order chi connectivity index (χ1) is 9.66. The predicted molar refractivity (Wildman–Crippen MR) is 79.1 cm³/mol. The van der Waals surface area contributed by atoms with Crippen molar-refractivity contribution >= 4 is 21.8 Å². The average molecular weight is 334 g/mol. The lowest BCUT2D eigenvalue weighted by Crippen LogP contribution is -2.28. The summed E-state index contributed by atoms with van der Waals surface area (Å²) in [4.78, 5) is 12.2. The second kappa shape index (κ2) is 5.37. The number of rotatable bonds is 2. The van der Waals surface area contributed by atoms with Crippen LogP contribution in [0.1, 0.15) is 33.9 Å². The Bertz CT molecular complexity index is 671. The van der Waals surface area contributed by atoms with Gasteiger partial charge in [-0.15, -0.1) is 0 Å². The molecular weight excluding hydrogens is 321 g/mol. The molecule has 1 N–H and O–H groups in total. The fourth-order valence-corrected chi connectivity index (χ4v) is 2.99. The number of hydrogen-bond donors (Lipinski definition) is 1. The third-order valence-electron chi connectivity index (χ3n) is 3.63. The quantitative estimate of drug-likeness (QED) is 0.884. The van der Waals surface area contributed by atoms with Gasteiger partial charge in [0, 0.05) is 0 Å². The molecule has 0 saturated heterocycles. The summed E-state index contributed by atoms with van der Waals surface area (Å²) in [5, 5.41) is 2.92. The Morgan fingerprint density at radius 1 is 1.20 bits per heavy atom. The third-order valence-corrected chi connectivity index (χ3v) is 4.25.